The number of piperidine rings is 1. The number of carbonyl (C=O) groups is 1. The Labute approximate surface area is 177 Å². The van der Waals surface area contributed by atoms with Crippen LogP contribution in [0.2, 0.25) is 0 Å². The zero-order valence-corrected chi connectivity index (χ0v) is 17.6. The highest BCUT2D eigenvalue weighted by atomic mass is 35.5. The molecule has 2 fully saturated rings. The van der Waals surface area contributed by atoms with Crippen LogP contribution in [0.15, 0.2) is 59.5 Å². The summed E-state index contributed by atoms with van der Waals surface area (Å²) in [7, 11) is -3.71. The first-order chi connectivity index (χ1) is 13.5. The average Bonchev–Trinajstić information content (AvgIpc) is 3.00. The van der Waals surface area contributed by atoms with Gasteiger partial charge in [0.25, 0.3) is 10.0 Å². The molecule has 4 rings (SSSR count). The predicted octanol–water partition coefficient (Wildman–Crippen LogP) is 3.77. The number of amides is 1. The van der Waals surface area contributed by atoms with Crippen molar-refractivity contribution < 1.29 is 13.2 Å². The minimum absolute atomic E-state index is 0. The first-order valence-electron chi connectivity index (χ1n) is 9.72. The number of benzene rings is 2. The minimum Gasteiger partial charge on any atom is -0.326 e. The van der Waals surface area contributed by atoms with Gasteiger partial charge >= 0.3 is 0 Å². The van der Waals surface area contributed by atoms with Crippen molar-refractivity contribution >= 4 is 39.7 Å². The Morgan fingerprint density at radius 2 is 1.62 bits per heavy atom. The third-order valence-corrected chi connectivity index (χ3v) is 6.88. The Hall–Kier alpha value is -2.09. The Kier molecular flexibility index (Phi) is 6.82. The van der Waals surface area contributed by atoms with E-state index in [0.717, 1.165) is 12.8 Å². The molecule has 0 radical (unpaired) electrons. The summed E-state index contributed by atoms with van der Waals surface area (Å²) in [6.45, 7) is 0. The maximum absolute atomic E-state index is 12.6. The number of anilines is 2. The summed E-state index contributed by atoms with van der Waals surface area (Å²) in [6.07, 6.45) is 4.97. The SMILES string of the molecule is Cl.O=C(CC1CC2CCC(C1)N2)Nc1cccc(S(=O)(=O)Nc2ccccc2)c1. The Bertz CT molecular complexity index is 941. The molecule has 0 aliphatic carbocycles. The molecular weight excluding hydrogens is 410 g/mol. The van der Waals surface area contributed by atoms with Gasteiger partial charge in [-0.05, 0) is 61.9 Å². The molecule has 2 bridgehead atoms. The van der Waals surface area contributed by atoms with Crippen molar-refractivity contribution in [3.05, 3.63) is 54.6 Å². The minimum atomic E-state index is -3.71. The van der Waals surface area contributed by atoms with Crippen molar-refractivity contribution in [1.82, 2.24) is 5.32 Å². The second-order valence-corrected chi connectivity index (χ2v) is 9.41. The van der Waals surface area contributed by atoms with Gasteiger partial charge in [0.15, 0.2) is 0 Å². The standard InChI is InChI=1S/C21H25N3O3S.ClH/c25-21(13-15-11-18-9-10-19(12-15)22-18)23-17-7-4-8-20(14-17)28(26,27)24-16-5-2-1-3-6-16;/h1-8,14-15,18-19,22,24H,9-13H2,(H,23,25);1H. The molecule has 2 heterocycles. The molecule has 2 aromatic rings. The van der Waals surface area contributed by atoms with E-state index in [-0.39, 0.29) is 23.2 Å². The molecule has 0 aromatic heterocycles. The summed E-state index contributed by atoms with van der Waals surface area (Å²) < 4.78 is 27.8. The number of fused-ring (bicyclic) bond motifs is 2. The highest BCUT2D eigenvalue weighted by Crippen LogP contribution is 2.32. The zero-order chi connectivity index (χ0) is 19.6. The Morgan fingerprint density at radius 3 is 2.31 bits per heavy atom. The van der Waals surface area contributed by atoms with Gasteiger partial charge in [0.2, 0.25) is 5.91 Å². The van der Waals surface area contributed by atoms with Crippen molar-refractivity contribution in [2.24, 2.45) is 5.92 Å². The second kappa shape index (κ2) is 9.15. The molecule has 2 saturated heterocycles. The van der Waals surface area contributed by atoms with E-state index >= 15 is 0 Å². The third-order valence-electron chi connectivity index (χ3n) is 5.50. The lowest BCUT2D eigenvalue weighted by atomic mass is 9.89. The molecule has 3 N–H and O–H groups in total. The number of halogens is 1. The van der Waals surface area contributed by atoms with Crippen LogP contribution in [0.4, 0.5) is 11.4 Å². The molecule has 2 aliphatic heterocycles. The lowest BCUT2D eigenvalue weighted by Crippen LogP contribution is -2.39. The van der Waals surface area contributed by atoms with E-state index in [1.54, 1.807) is 36.4 Å². The van der Waals surface area contributed by atoms with Gasteiger partial charge in [0, 0.05) is 29.9 Å². The fourth-order valence-electron chi connectivity index (χ4n) is 4.28. The van der Waals surface area contributed by atoms with E-state index < -0.39 is 10.0 Å². The molecule has 2 atom stereocenters. The molecule has 6 nitrogen and oxygen atoms in total. The summed E-state index contributed by atoms with van der Waals surface area (Å²) in [6, 6.07) is 16.2. The van der Waals surface area contributed by atoms with Crippen LogP contribution in [0.5, 0.6) is 0 Å². The summed E-state index contributed by atoms with van der Waals surface area (Å²) in [4.78, 5) is 12.6. The van der Waals surface area contributed by atoms with Crippen LogP contribution in [0.1, 0.15) is 32.1 Å². The highest BCUT2D eigenvalue weighted by molar-refractivity contribution is 7.92. The lowest BCUT2D eigenvalue weighted by molar-refractivity contribution is -0.117. The molecule has 29 heavy (non-hydrogen) atoms. The monoisotopic (exact) mass is 435 g/mol. The van der Waals surface area contributed by atoms with E-state index in [1.165, 1.54) is 25.0 Å². The molecule has 8 heteroatoms. The number of hydrogen-bond acceptors (Lipinski definition) is 4. The van der Waals surface area contributed by atoms with Crippen molar-refractivity contribution in [1.29, 1.82) is 0 Å². The first-order valence-corrected chi connectivity index (χ1v) is 11.2. The molecule has 0 saturated carbocycles. The van der Waals surface area contributed by atoms with Gasteiger partial charge in [0.05, 0.1) is 4.90 Å². The van der Waals surface area contributed by atoms with Gasteiger partial charge in [-0.25, -0.2) is 8.42 Å². The molecule has 1 amide bonds. The van der Waals surface area contributed by atoms with E-state index in [0.29, 0.717) is 35.8 Å². The zero-order valence-electron chi connectivity index (χ0n) is 16.0. The van der Waals surface area contributed by atoms with Gasteiger partial charge in [-0.1, -0.05) is 24.3 Å². The van der Waals surface area contributed by atoms with Crippen LogP contribution in [0.3, 0.4) is 0 Å². The highest BCUT2D eigenvalue weighted by Gasteiger charge is 2.34. The Morgan fingerprint density at radius 1 is 0.966 bits per heavy atom. The van der Waals surface area contributed by atoms with E-state index in [1.807, 2.05) is 6.07 Å². The second-order valence-electron chi connectivity index (χ2n) is 7.73. The number of hydrogen-bond donors (Lipinski definition) is 3. The largest absolute Gasteiger partial charge is 0.326 e. The molecule has 156 valence electrons. The van der Waals surface area contributed by atoms with Crippen LogP contribution in [0.25, 0.3) is 0 Å². The van der Waals surface area contributed by atoms with Crippen LogP contribution in [0, 0.1) is 5.92 Å². The van der Waals surface area contributed by atoms with Gasteiger partial charge < -0.3 is 10.6 Å². The maximum Gasteiger partial charge on any atom is 0.261 e. The molecular formula is C21H26ClN3O3S. The third kappa shape index (κ3) is 5.50. The average molecular weight is 436 g/mol. The van der Waals surface area contributed by atoms with E-state index in [2.05, 4.69) is 15.4 Å². The number of carbonyl (C=O) groups excluding carboxylic acids is 1. The normalized spacial score (nSPS) is 23.1. The molecule has 2 unspecified atom stereocenters. The van der Waals surface area contributed by atoms with Crippen LogP contribution in [-0.2, 0) is 14.8 Å². The van der Waals surface area contributed by atoms with E-state index in [4.69, 9.17) is 0 Å². The quantitative estimate of drug-likeness (QED) is 0.644. The van der Waals surface area contributed by atoms with Crippen LogP contribution in [-0.4, -0.2) is 26.4 Å². The fourth-order valence-corrected chi connectivity index (χ4v) is 5.38. The van der Waals surface area contributed by atoms with Crippen molar-refractivity contribution in [3.8, 4) is 0 Å². The van der Waals surface area contributed by atoms with E-state index in [9.17, 15) is 13.2 Å². The van der Waals surface area contributed by atoms with Gasteiger partial charge in [-0.15, -0.1) is 12.4 Å². The smallest absolute Gasteiger partial charge is 0.261 e. The molecule has 2 aromatic carbocycles. The molecule has 2 aliphatic rings. The van der Waals surface area contributed by atoms with Crippen molar-refractivity contribution in [3.63, 3.8) is 0 Å². The van der Waals surface area contributed by atoms with Gasteiger partial charge in [-0.3, -0.25) is 9.52 Å². The lowest BCUT2D eigenvalue weighted by Gasteiger charge is -2.28. The van der Waals surface area contributed by atoms with Gasteiger partial charge in [-0.2, -0.15) is 0 Å². The number of para-hydroxylation sites is 1. The summed E-state index contributed by atoms with van der Waals surface area (Å²) in [5, 5.41) is 6.45. The van der Waals surface area contributed by atoms with Gasteiger partial charge in [0.1, 0.15) is 0 Å². The topological polar surface area (TPSA) is 87.3 Å². The van der Waals surface area contributed by atoms with Crippen molar-refractivity contribution in [2.45, 2.75) is 49.1 Å². The number of rotatable bonds is 6. The van der Waals surface area contributed by atoms with Crippen LogP contribution < -0.4 is 15.4 Å². The number of sulfonamides is 1. The fraction of sp³-hybridized carbons (Fsp3) is 0.381. The maximum atomic E-state index is 12.6. The van der Waals surface area contributed by atoms with Crippen molar-refractivity contribution in [2.75, 3.05) is 10.0 Å². The first kappa shape index (κ1) is 21.6. The predicted molar refractivity (Wildman–Crippen MR) is 117 cm³/mol. The van der Waals surface area contributed by atoms with Crippen LogP contribution >= 0.6 is 12.4 Å². The number of nitrogens with one attached hydrogen (secondary N) is 3. The Balaban J connectivity index is 0.00000240. The summed E-state index contributed by atoms with van der Waals surface area (Å²) in [5.41, 5.74) is 0.996. The summed E-state index contributed by atoms with van der Waals surface area (Å²) in [5.74, 6) is 0.335. The summed E-state index contributed by atoms with van der Waals surface area (Å²) >= 11 is 0. The molecule has 0 spiro atoms.